The minimum absolute atomic E-state index is 0.00152. The third-order valence-electron chi connectivity index (χ3n) is 24.5. The number of carbonyl (C=O) groups excluding carboxylic acids is 17. The molecule has 5 aromatic rings. The molecule has 38 nitrogen and oxygen atoms in total. The van der Waals surface area contributed by atoms with Crippen LogP contribution in [0.15, 0.2) is 85.2 Å². The first-order valence-corrected chi connectivity index (χ1v) is 47.3. The second-order valence-electron chi connectivity index (χ2n) is 36.1. The third-order valence-corrected chi connectivity index (χ3v) is 25.5. The molecule has 728 valence electrons. The Kier molecular flexibility index (Phi) is 41.0. The Hall–Kier alpha value is -12.0. The molecule has 8 rings (SSSR count). The van der Waals surface area contributed by atoms with Crippen LogP contribution in [0.1, 0.15) is 168 Å². The van der Waals surface area contributed by atoms with E-state index in [9.17, 15) is 58.2 Å². The Morgan fingerprint density at radius 1 is 0.571 bits per heavy atom. The number of H-pyrrole nitrogens is 2. The van der Waals surface area contributed by atoms with Crippen LogP contribution in [0.3, 0.4) is 0 Å². The normalized spacial score (nSPS) is 24.6. The van der Waals surface area contributed by atoms with Crippen LogP contribution in [-0.2, 0) is 101 Å². The zero-order chi connectivity index (χ0) is 97.6. The highest BCUT2D eigenvalue weighted by atomic mass is 32.2. The highest BCUT2D eigenvalue weighted by molar-refractivity contribution is 8.00. The zero-order valence-electron chi connectivity index (χ0n) is 78.7. The van der Waals surface area contributed by atoms with Gasteiger partial charge in [-0.25, -0.2) is 0 Å². The first-order valence-electron chi connectivity index (χ1n) is 46.2. The van der Waals surface area contributed by atoms with Crippen LogP contribution in [-0.4, -0.2) is 314 Å². The van der Waals surface area contributed by atoms with Crippen LogP contribution in [0.2, 0.25) is 0 Å². The van der Waals surface area contributed by atoms with Crippen LogP contribution >= 0.6 is 11.8 Å². The van der Waals surface area contributed by atoms with E-state index in [0.29, 0.717) is 71.8 Å². The van der Waals surface area contributed by atoms with Crippen LogP contribution in [0.25, 0.3) is 21.8 Å². The monoisotopic (exact) mass is 1870 g/mol. The Balaban J connectivity index is 1.17. The summed E-state index contributed by atoms with van der Waals surface area (Å²) in [5.74, 6) is -16.4. The number of nitrogens with two attached hydrogens (primary N) is 1. The maximum absolute atomic E-state index is 15.6. The summed E-state index contributed by atoms with van der Waals surface area (Å²) in [5, 5.41) is 50.3. The molecule has 3 aliphatic heterocycles. The number of aromatic hydroxyl groups is 1. The summed E-state index contributed by atoms with van der Waals surface area (Å²) < 4.78 is 0. The number of carbonyl (C=O) groups is 17. The van der Waals surface area contributed by atoms with Gasteiger partial charge in [-0.15, -0.1) is 11.8 Å². The Morgan fingerprint density at radius 2 is 1.13 bits per heavy atom. The van der Waals surface area contributed by atoms with Crippen molar-refractivity contribution in [1.82, 2.24) is 92.5 Å². The lowest BCUT2D eigenvalue weighted by molar-refractivity contribution is -0.149. The van der Waals surface area contributed by atoms with Gasteiger partial charge in [-0.1, -0.05) is 123 Å². The number of aromatic nitrogens is 2. The fourth-order valence-corrected chi connectivity index (χ4v) is 17.8. The van der Waals surface area contributed by atoms with E-state index in [1.165, 1.54) is 67.0 Å². The molecule has 3 fully saturated rings. The van der Waals surface area contributed by atoms with Gasteiger partial charge >= 0.3 is 0 Å². The number of benzene rings is 3. The lowest BCUT2D eigenvalue weighted by Crippen LogP contribution is -2.60. The van der Waals surface area contributed by atoms with Crippen molar-refractivity contribution in [3.63, 3.8) is 0 Å². The molecule has 3 aromatic carbocycles. The summed E-state index contributed by atoms with van der Waals surface area (Å²) in [7, 11) is 7.83. The highest BCUT2D eigenvalue weighted by Gasteiger charge is 2.46. The molecule has 39 heteroatoms. The van der Waals surface area contributed by atoms with Gasteiger partial charge in [0, 0.05) is 112 Å². The molecule has 3 saturated heterocycles. The van der Waals surface area contributed by atoms with Gasteiger partial charge in [0.05, 0.1) is 37.4 Å². The first kappa shape index (κ1) is 106. The number of aliphatic hydroxyl groups is 1. The summed E-state index contributed by atoms with van der Waals surface area (Å²) in [6.45, 7) is 13.1. The van der Waals surface area contributed by atoms with Crippen molar-refractivity contribution in [3.05, 3.63) is 102 Å². The molecule has 133 heavy (non-hydrogen) atoms. The van der Waals surface area contributed by atoms with Gasteiger partial charge in [-0.05, 0) is 138 Å². The number of aromatic amines is 2. The smallest absolute Gasteiger partial charge is 0.246 e. The summed E-state index contributed by atoms with van der Waals surface area (Å²) in [6, 6.07) is 3.32. The molecule has 0 radical (unpaired) electrons. The predicted octanol–water partition coefficient (Wildman–Crippen LogP) is 1.61. The number of rotatable bonds is 26. The number of phenols is 1. The molecule has 2 aromatic heterocycles. The Bertz CT molecular complexity index is 4910. The number of ketones is 1. The minimum Gasteiger partial charge on any atom is -0.508 e. The molecule has 0 saturated carbocycles. The van der Waals surface area contributed by atoms with Crippen molar-refractivity contribution >= 4 is 134 Å². The molecule has 16 N–H and O–H groups in total. The van der Waals surface area contributed by atoms with Crippen molar-refractivity contribution in [3.8, 4) is 5.75 Å². The number of nitrogens with one attached hydrogen (secondary N) is 12. The molecule has 5 heterocycles. The second kappa shape index (κ2) is 51.3. The van der Waals surface area contributed by atoms with Gasteiger partial charge in [0.25, 0.3) is 0 Å². The van der Waals surface area contributed by atoms with Crippen LogP contribution in [0.5, 0.6) is 5.75 Å². The number of hydrogen-bond acceptors (Lipinski definition) is 21. The van der Waals surface area contributed by atoms with Gasteiger partial charge in [0.15, 0.2) is 5.78 Å². The average molecular weight is 1870 g/mol. The molecular weight excluding hydrogens is 1730 g/mol. The molecule has 0 bridgehead atoms. The zero-order valence-corrected chi connectivity index (χ0v) is 79.5. The van der Waals surface area contributed by atoms with Gasteiger partial charge in [0.1, 0.15) is 72.2 Å². The number of fused-ring (bicyclic) bond motifs is 4. The molecule has 14 atom stereocenters. The maximum atomic E-state index is 15.6. The number of hydrogen-bond donors (Lipinski definition) is 15. The van der Waals surface area contributed by atoms with E-state index >= 15 is 33.6 Å². The van der Waals surface area contributed by atoms with E-state index in [4.69, 9.17) is 5.73 Å². The van der Waals surface area contributed by atoms with Gasteiger partial charge in [-0.3, -0.25) is 81.5 Å². The van der Waals surface area contributed by atoms with E-state index in [2.05, 4.69) is 63.1 Å². The van der Waals surface area contributed by atoms with E-state index in [1.54, 1.807) is 59.1 Å². The summed E-state index contributed by atoms with van der Waals surface area (Å²) in [6.07, 6.45) is 2.94. The van der Waals surface area contributed by atoms with Crippen molar-refractivity contribution in [2.45, 2.75) is 250 Å². The fourth-order valence-electron chi connectivity index (χ4n) is 17.0. The molecule has 0 aliphatic carbocycles. The largest absolute Gasteiger partial charge is 0.508 e. The number of aliphatic hydroxyl groups excluding tert-OH is 1. The standard InChI is InChI=1S/C94H137N19O19S/c1-14-17-29-74-88(126)104-68(39-54(4)5)87(125)107-73(85(123)100-49-80(118)96-36-24-37-108(9)10)52-133-53-82(120)102-70(41-57-32-34-61(114)35-33-57)90(128)109(11)56(8)83(121)105-72(46-79(95)117)92(130)112-38-23-31-75(112)89(127)103-65(16-3)86(124)106-69(40-55(6)7)93(131)113-51-62(115)45-77(113)78(116)44-58(42-59-47-97-66-27-21-19-25-63(59)66)84(122)99-50-81(119)101-71(43-60-48-98-67-28-22-20-26-64(60)67)91(129)111(13)76(30-18-15-2)94(132)110(74)12/h19-22,25-28,32-35,47-48,54-56,58,62,65,68-77,97-98,114-115H,14-18,23-24,29-31,36-46,49-53H2,1-13H3,(H2,95,117)(H,96,118)(H,99,122)(H,100,123)(H,101,119)(H,102,120)(H,103,127)(H,104,126)(H,105,121)(H,106,124)(H,107,125)/t56-,58+,62+,65-,68-,69-,70-,71?,72-,73-,74-,75-,76-,77-/m0/s1. The van der Waals surface area contributed by atoms with Crippen LogP contribution in [0, 0.1) is 17.8 Å². The van der Waals surface area contributed by atoms with E-state index in [-0.39, 0.29) is 114 Å². The Labute approximate surface area is 780 Å². The number of amides is 16. The first-order chi connectivity index (χ1) is 63.2. The summed E-state index contributed by atoms with van der Waals surface area (Å²) in [5.41, 5.74) is 8.79. The second-order valence-corrected chi connectivity index (χ2v) is 37.2. The lowest BCUT2D eigenvalue weighted by Gasteiger charge is -2.36. The van der Waals surface area contributed by atoms with E-state index in [1.807, 2.05) is 69.2 Å². The van der Waals surface area contributed by atoms with Crippen molar-refractivity contribution in [2.75, 3.05) is 86.0 Å². The lowest BCUT2D eigenvalue weighted by atomic mass is 9.90. The molecule has 1 unspecified atom stereocenters. The number of phenolic OH excluding ortho intramolecular Hbond substituents is 1. The maximum Gasteiger partial charge on any atom is 0.246 e. The third kappa shape index (κ3) is 30.8. The highest BCUT2D eigenvalue weighted by Crippen LogP contribution is 2.30. The van der Waals surface area contributed by atoms with Crippen LogP contribution < -0.4 is 58.9 Å². The quantitative estimate of drug-likeness (QED) is 0.0350. The van der Waals surface area contributed by atoms with Gasteiger partial charge in [-0.2, -0.15) is 0 Å². The number of nitrogens with zero attached hydrogens (tertiary/aromatic N) is 6. The number of para-hydroxylation sites is 2. The molecular formula is C94H137N19O19S. The fraction of sp³-hybridized carbons (Fsp3) is 0.585. The number of thioether (sulfide) groups is 1. The SMILES string of the molecule is CCCC[C@H]1C(=O)N(C)[C@@H](CCCC)C(=O)N[C@@H](CC(C)C)C(=O)N[C@H](C(=O)NCC(=O)NCCCN(C)C)CSCC(=O)N[C@@H](Cc2ccc(O)cc2)C(=O)N(C)[C@@H](C)C(=O)N[C@@H](CC(N)=O)C(=O)N2CCC[C@H]2C(=O)N[C@@H](CC)C(=O)N[C@@H](CC(C)C)C(=O)N2C[C@H](O)C[C@H]2C(=O)C[C@@H](Cc2c[nH]c3ccccc23)C(=O)NCC(=O)NC(Cc2c[nH]c3ccccc23)C(=O)N1C. The molecule has 3 aliphatic rings. The molecule has 0 spiro atoms. The minimum atomic E-state index is -1.72. The van der Waals surface area contributed by atoms with E-state index < -0.39 is 217 Å². The summed E-state index contributed by atoms with van der Waals surface area (Å²) >= 11 is 0.842. The number of Topliss-reactive ketones (excluding diaryl/α,β-unsaturated/α-hetero) is 1. The van der Waals surface area contributed by atoms with Crippen LogP contribution in [0.4, 0.5) is 0 Å². The van der Waals surface area contributed by atoms with Crippen molar-refractivity contribution in [2.24, 2.45) is 23.5 Å². The predicted molar refractivity (Wildman–Crippen MR) is 500 cm³/mol. The number of likely N-dealkylation sites (N-methyl/N-ethyl adjacent to an activating group) is 3. The Morgan fingerprint density at radius 3 is 1.74 bits per heavy atom. The molecule has 16 amide bonds. The number of primary amides is 1. The topological polar surface area (TPSA) is 528 Å². The van der Waals surface area contributed by atoms with Gasteiger partial charge in [0.2, 0.25) is 94.5 Å². The number of unbranched alkanes of at least 4 members (excludes halogenated alkanes) is 2. The van der Waals surface area contributed by atoms with Gasteiger partial charge < -0.3 is 108 Å². The van der Waals surface area contributed by atoms with Crippen molar-refractivity contribution < 1.29 is 91.7 Å². The van der Waals surface area contributed by atoms with Crippen molar-refractivity contribution in [1.29, 1.82) is 0 Å². The van der Waals surface area contributed by atoms with E-state index in [0.717, 1.165) is 26.9 Å². The summed E-state index contributed by atoms with van der Waals surface area (Å²) in [4.78, 5) is 264. The average Bonchev–Trinajstić information content (AvgIpc) is 1.57.